The van der Waals surface area contributed by atoms with E-state index < -0.39 is 0 Å². The molecule has 0 aliphatic heterocycles. The summed E-state index contributed by atoms with van der Waals surface area (Å²) in [5.41, 5.74) is 0.574. The summed E-state index contributed by atoms with van der Waals surface area (Å²) in [6.07, 6.45) is 3.91. The predicted octanol–water partition coefficient (Wildman–Crippen LogP) is 2.64. The van der Waals surface area contributed by atoms with Crippen molar-refractivity contribution >= 4 is 27.3 Å². The van der Waals surface area contributed by atoms with E-state index in [0.717, 1.165) is 19.5 Å². The van der Waals surface area contributed by atoms with Crippen LogP contribution in [0.4, 0.5) is 0 Å². The normalized spacial score (nSPS) is 17.6. The Kier molecular flexibility index (Phi) is 4.41. The van der Waals surface area contributed by atoms with E-state index >= 15 is 0 Å². The highest BCUT2D eigenvalue weighted by Crippen LogP contribution is 2.44. The number of thiophene rings is 1. The van der Waals surface area contributed by atoms with Crippen LogP contribution in [0.15, 0.2) is 15.9 Å². The second kappa shape index (κ2) is 5.63. The Morgan fingerprint density at radius 3 is 2.75 bits per heavy atom. The second-order valence-corrected chi connectivity index (χ2v) is 7.21. The van der Waals surface area contributed by atoms with E-state index in [4.69, 9.17) is 0 Å². The first-order valence-corrected chi connectivity index (χ1v) is 7.45. The van der Waals surface area contributed by atoms with Gasteiger partial charge < -0.3 is 10.6 Å². The predicted molar refractivity (Wildman–Crippen MR) is 74.2 cm³/mol. The zero-order valence-electron chi connectivity index (χ0n) is 9.68. The van der Waals surface area contributed by atoms with E-state index in [-0.39, 0.29) is 0 Å². The van der Waals surface area contributed by atoms with E-state index in [2.05, 4.69) is 38.7 Å². The number of hydrogen-bond donors (Lipinski definition) is 2. The van der Waals surface area contributed by atoms with E-state index in [1.807, 2.05) is 18.4 Å². The van der Waals surface area contributed by atoms with Crippen molar-refractivity contribution in [2.24, 2.45) is 5.41 Å². The van der Waals surface area contributed by atoms with Gasteiger partial charge in [-0.05, 0) is 66.3 Å². The van der Waals surface area contributed by atoms with Crippen molar-refractivity contribution in [1.29, 1.82) is 0 Å². The van der Waals surface area contributed by atoms with Crippen LogP contribution in [-0.4, -0.2) is 26.7 Å². The smallest absolute Gasteiger partial charge is 0.0701 e. The molecule has 0 spiro atoms. The van der Waals surface area contributed by atoms with E-state index in [1.165, 1.54) is 28.0 Å². The lowest BCUT2D eigenvalue weighted by molar-refractivity contribution is 0.441. The van der Waals surface area contributed by atoms with Crippen molar-refractivity contribution in [3.05, 3.63) is 20.8 Å². The lowest BCUT2D eigenvalue weighted by Crippen LogP contribution is -2.32. The Bertz CT molecular complexity index is 334. The van der Waals surface area contributed by atoms with E-state index in [1.54, 1.807) is 0 Å². The molecule has 2 nitrogen and oxygen atoms in total. The van der Waals surface area contributed by atoms with Crippen molar-refractivity contribution in [2.45, 2.75) is 19.3 Å². The lowest BCUT2D eigenvalue weighted by Gasteiger charge is -2.14. The molecule has 0 unspecified atom stereocenters. The van der Waals surface area contributed by atoms with Gasteiger partial charge in [0.15, 0.2) is 0 Å². The van der Waals surface area contributed by atoms with Gasteiger partial charge >= 0.3 is 0 Å². The van der Waals surface area contributed by atoms with Crippen molar-refractivity contribution in [3.63, 3.8) is 0 Å². The molecule has 1 aliphatic carbocycles. The van der Waals surface area contributed by atoms with E-state index in [9.17, 15) is 0 Å². The van der Waals surface area contributed by atoms with Crippen LogP contribution in [-0.2, 0) is 6.42 Å². The molecule has 2 rings (SSSR count). The fourth-order valence-corrected chi connectivity index (χ4v) is 3.50. The summed E-state index contributed by atoms with van der Waals surface area (Å²) in [5, 5.41) is 6.87. The van der Waals surface area contributed by atoms with Crippen molar-refractivity contribution in [3.8, 4) is 0 Å². The van der Waals surface area contributed by atoms with Gasteiger partial charge in [0.25, 0.3) is 0 Å². The molecule has 0 bridgehead atoms. The molecule has 1 aliphatic rings. The molecule has 16 heavy (non-hydrogen) atoms. The zero-order chi connectivity index (χ0) is 11.4. The first-order chi connectivity index (χ1) is 7.74. The van der Waals surface area contributed by atoms with Gasteiger partial charge in [-0.3, -0.25) is 0 Å². The van der Waals surface area contributed by atoms with Crippen molar-refractivity contribution < 1.29 is 0 Å². The van der Waals surface area contributed by atoms with Gasteiger partial charge in [-0.1, -0.05) is 0 Å². The SMILES string of the molecule is CNCC1(CNCCc2ccc(Br)s2)CC1. The summed E-state index contributed by atoms with van der Waals surface area (Å²) in [6.45, 7) is 3.42. The summed E-state index contributed by atoms with van der Waals surface area (Å²) in [5.74, 6) is 0. The third kappa shape index (κ3) is 3.55. The molecule has 4 heteroatoms. The van der Waals surface area contributed by atoms with Crippen LogP contribution in [0, 0.1) is 5.41 Å². The average Bonchev–Trinajstić information content (AvgIpc) is 2.90. The Hall–Kier alpha value is 0.1000. The Morgan fingerprint density at radius 1 is 1.38 bits per heavy atom. The maximum Gasteiger partial charge on any atom is 0.0701 e. The lowest BCUT2D eigenvalue weighted by atomic mass is 10.1. The monoisotopic (exact) mass is 302 g/mol. The molecule has 1 heterocycles. The molecule has 90 valence electrons. The highest BCUT2D eigenvalue weighted by Gasteiger charge is 2.41. The average molecular weight is 303 g/mol. The fourth-order valence-electron chi connectivity index (χ4n) is 2.02. The standard InChI is InChI=1S/C12H19BrN2S/c1-14-8-12(5-6-12)9-15-7-4-10-2-3-11(13)16-10/h2-3,14-15H,4-9H2,1H3. The molecule has 0 amide bonds. The van der Waals surface area contributed by atoms with Crippen LogP contribution < -0.4 is 10.6 Å². The first kappa shape index (κ1) is 12.6. The number of nitrogens with one attached hydrogen (secondary N) is 2. The zero-order valence-corrected chi connectivity index (χ0v) is 12.1. The van der Waals surface area contributed by atoms with Gasteiger partial charge in [-0.2, -0.15) is 0 Å². The molecule has 0 atom stereocenters. The van der Waals surface area contributed by atoms with Crippen LogP contribution in [0.1, 0.15) is 17.7 Å². The molecule has 2 N–H and O–H groups in total. The summed E-state index contributed by atoms with van der Waals surface area (Å²) >= 11 is 5.33. The number of halogens is 1. The van der Waals surface area contributed by atoms with Gasteiger partial charge in [0, 0.05) is 18.0 Å². The van der Waals surface area contributed by atoms with Gasteiger partial charge in [-0.15, -0.1) is 11.3 Å². The van der Waals surface area contributed by atoms with Crippen LogP contribution >= 0.6 is 27.3 Å². The third-order valence-electron chi connectivity index (χ3n) is 3.19. The number of rotatable bonds is 7. The highest BCUT2D eigenvalue weighted by molar-refractivity contribution is 9.11. The topological polar surface area (TPSA) is 24.1 Å². The molecule has 1 aromatic rings. The summed E-state index contributed by atoms with van der Waals surface area (Å²) < 4.78 is 1.23. The minimum atomic E-state index is 0.574. The highest BCUT2D eigenvalue weighted by atomic mass is 79.9. The minimum Gasteiger partial charge on any atom is -0.319 e. The van der Waals surface area contributed by atoms with Gasteiger partial charge in [-0.25, -0.2) is 0 Å². The minimum absolute atomic E-state index is 0.574. The Labute approximate surface area is 110 Å². The van der Waals surface area contributed by atoms with Crippen molar-refractivity contribution in [1.82, 2.24) is 10.6 Å². The summed E-state index contributed by atoms with van der Waals surface area (Å²) in [7, 11) is 2.04. The van der Waals surface area contributed by atoms with Crippen molar-refractivity contribution in [2.75, 3.05) is 26.7 Å². The number of hydrogen-bond acceptors (Lipinski definition) is 3. The quantitative estimate of drug-likeness (QED) is 0.757. The van der Waals surface area contributed by atoms with Crippen LogP contribution in [0.3, 0.4) is 0 Å². The molecule has 0 radical (unpaired) electrons. The first-order valence-electron chi connectivity index (χ1n) is 5.84. The Morgan fingerprint density at radius 2 is 2.19 bits per heavy atom. The largest absolute Gasteiger partial charge is 0.319 e. The summed E-state index contributed by atoms with van der Waals surface area (Å²) in [4.78, 5) is 1.46. The molecular weight excluding hydrogens is 284 g/mol. The van der Waals surface area contributed by atoms with Crippen LogP contribution in [0.25, 0.3) is 0 Å². The molecule has 1 aromatic heterocycles. The van der Waals surface area contributed by atoms with Gasteiger partial charge in [0.05, 0.1) is 3.79 Å². The molecule has 1 saturated carbocycles. The fraction of sp³-hybridized carbons (Fsp3) is 0.667. The Balaban J connectivity index is 1.62. The maximum atomic E-state index is 3.58. The van der Waals surface area contributed by atoms with E-state index in [0.29, 0.717) is 5.41 Å². The molecule has 0 saturated heterocycles. The second-order valence-electron chi connectivity index (χ2n) is 4.66. The molecule has 1 fully saturated rings. The van der Waals surface area contributed by atoms with Gasteiger partial charge in [0.1, 0.15) is 0 Å². The van der Waals surface area contributed by atoms with Crippen LogP contribution in [0.5, 0.6) is 0 Å². The van der Waals surface area contributed by atoms with Gasteiger partial charge in [0.2, 0.25) is 0 Å². The third-order valence-corrected chi connectivity index (χ3v) is 4.87. The molecule has 0 aromatic carbocycles. The summed E-state index contributed by atoms with van der Waals surface area (Å²) in [6, 6.07) is 4.33. The maximum absolute atomic E-state index is 3.58. The molecular formula is C12H19BrN2S. The van der Waals surface area contributed by atoms with Crippen LogP contribution in [0.2, 0.25) is 0 Å².